The Morgan fingerprint density at radius 2 is 1.85 bits per heavy atom. The third-order valence-corrected chi connectivity index (χ3v) is 6.94. The van der Waals surface area contributed by atoms with Gasteiger partial charge in [-0.2, -0.15) is 0 Å². The van der Waals surface area contributed by atoms with Crippen molar-refractivity contribution in [1.29, 1.82) is 0 Å². The quantitative estimate of drug-likeness (QED) is 0.429. The van der Waals surface area contributed by atoms with Crippen molar-refractivity contribution >= 4 is 34.3 Å². The van der Waals surface area contributed by atoms with Gasteiger partial charge in [0.25, 0.3) is 5.91 Å². The molecule has 2 aliphatic heterocycles. The van der Waals surface area contributed by atoms with Crippen LogP contribution in [0, 0.1) is 0 Å². The van der Waals surface area contributed by atoms with Gasteiger partial charge in [0.05, 0.1) is 24.3 Å². The number of anilines is 1. The zero-order valence-corrected chi connectivity index (χ0v) is 19.3. The fraction of sp³-hybridized carbons (Fsp3) is 0.240. The summed E-state index contributed by atoms with van der Waals surface area (Å²) in [5.74, 6) is -0.144. The molecule has 2 amide bonds. The molecule has 9 heteroatoms. The van der Waals surface area contributed by atoms with Crippen LogP contribution in [-0.2, 0) is 17.7 Å². The van der Waals surface area contributed by atoms with Gasteiger partial charge in [0.15, 0.2) is 0 Å². The summed E-state index contributed by atoms with van der Waals surface area (Å²) in [6, 6.07) is 15.8. The summed E-state index contributed by atoms with van der Waals surface area (Å²) in [6.45, 7) is 3.08. The monoisotopic (exact) mass is 477 g/mol. The van der Waals surface area contributed by atoms with E-state index in [1.807, 2.05) is 18.2 Å². The van der Waals surface area contributed by atoms with E-state index in [2.05, 4.69) is 10.6 Å². The lowest BCUT2D eigenvalue weighted by molar-refractivity contribution is 0.0734. The predicted octanol–water partition coefficient (Wildman–Crippen LogP) is 4.34. The first-order chi connectivity index (χ1) is 16.5. The van der Waals surface area contributed by atoms with E-state index in [1.165, 1.54) is 11.3 Å². The van der Waals surface area contributed by atoms with Crippen LogP contribution in [0.2, 0.25) is 0 Å². The Morgan fingerprint density at radius 3 is 2.59 bits per heavy atom. The Bertz CT molecular complexity index is 1240. The second kappa shape index (κ2) is 9.18. The molecule has 1 atom stereocenters. The van der Waals surface area contributed by atoms with Crippen molar-refractivity contribution in [2.24, 2.45) is 0 Å². The number of fused-ring (bicyclic) bond motifs is 3. The number of carbonyl (C=O) groups excluding carboxylic acids is 3. The van der Waals surface area contributed by atoms with Gasteiger partial charge in [0, 0.05) is 11.4 Å². The van der Waals surface area contributed by atoms with E-state index >= 15 is 0 Å². The maximum absolute atomic E-state index is 13.0. The first-order valence-electron chi connectivity index (χ1n) is 11.0. The van der Waals surface area contributed by atoms with Gasteiger partial charge in [-0.3, -0.25) is 4.79 Å². The summed E-state index contributed by atoms with van der Waals surface area (Å²) in [7, 11) is 0. The van der Waals surface area contributed by atoms with Gasteiger partial charge in [-0.1, -0.05) is 30.3 Å². The molecule has 2 aliphatic rings. The van der Waals surface area contributed by atoms with Gasteiger partial charge in [-0.25, -0.2) is 9.59 Å². The first kappa shape index (κ1) is 22.0. The molecule has 0 spiro atoms. The second-order valence-electron chi connectivity index (χ2n) is 7.95. The molecule has 0 saturated heterocycles. The van der Waals surface area contributed by atoms with Crippen LogP contribution >= 0.6 is 11.3 Å². The van der Waals surface area contributed by atoms with Crippen molar-refractivity contribution in [3.63, 3.8) is 0 Å². The van der Waals surface area contributed by atoms with Gasteiger partial charge in [-0.15, -0.1) is 11.3 Å². The average molecular weight is 478 g/mol. The lowest BCUT2D eigenvalue weighted by Gasteiger charge is -2.28. The number of carbonyl (C=O) groups is 3. The van der Waals surface area contributed by atoms with Crippen LogP contribution < -0.4 is 15.4 Å². The van der Waals surface area contributed by atoms with Crippen LogP contribution in [0.3, 0.4) is 0 Å². The van der Waals surface area contributed by atoms with Crippen LogP contribution in [-0.4, -0.2) is 36.0 Å². The topological polar surface area (TPSA) is 97.0 Å². The standard InChI is InChI=1S/C25H23N3O5S/c1-2-32-25(31)28-13-12-18-19(14-28)34-23-20(18)22(29)26-21(27-23)15-8-10-17(11-9-15)33-24(30)16-6-4-3-5-7-16/h3-11,21,27H,2,12-14H2,1H3,(H,26,29). The predicted molar refractivity (Wildman–Crippen MR) is 127 cm³/mol. The fourth-order valence-electron chi connectivity index (χ4n) is 4.12. The molecule has 1 aromatic heterocycles. The van der Waals surface area contributed by atoms with Crippen LogP contribution in [0.25, 0.3) is 0 Å². The molecule has 0 aliphatic carbocycles. The molecule has 2 aromatic carbocycles. The Hall–Kier alpha value is -3.85. The SMILES string of the molecule is CCOC(=O)N1CCc2c(sc3c2C(=O)NC(c2ccc(OC(=O)c4ccccc4)cc2)N3)C1. The molecule has 174 valence electrons. The van der Waals surface area contributed by atoms with Crippen LogP contribution in [0.15, 0.2) is 54.6 Å². The van der Waals surface area contributed by atoms with E-state index < -0.39 is 12.1 Å². The van der Waals surface area contributed by atoms with Crippen molar-refractivity contribution < 1.29 is 23.9 Å². The minimum atomic E-state index is -0.428. The molecule has 1 unspecified atom stereocenters. The smallest absolute Gasteiger partial charge is 0.410 e. The van der Waals surface area contributed by atoms with Gasteiger partial charge < -0.3 is 25.0 Å². The van der Waals surface area contributed by atoms with Crippen molar-refractivity contribution in [3.05, 3.63) is 81.7 Å². The van der Waals surface area contributed by atoms with Crippen molar-refractivity contribution in [1.82, 2.24) is 10.2 Å². The summed E-state index contributed by atoms with van der Waals surface area (Å²) >= 11 is 1.50. The number of esters is 1. The third-order valence-electron chi connectivity index (χ3n) is 5.79. The third kappa shape index (κ3) is 4.22. The van der Waals surface area contributed by atoms with Crippen LogP contribution in [0.1, 0.15) is 49.8 Å². The molecule has 3 aromatic rings. The minimum absolute atomic E-state index is 0.139. The van der Waals surface area contributed by atoms with E-state index in [1.54, 1.807) is 48.2 Å². The molecule has 0 fully saturated rings. The number of thiophene rings is 1. The van der Waals surface area contributed by atoms with Gasteiger partial charge in [0.2, 0.25) is 0 Å². The summed E-state index contributed by atoms with van der Waals surface area (Å²) in [5, 5.41) is 7.20. The zero-order valence-electron chi connectivity index (χ0n) is 18.5. The maximum Gasteiger partial charge on any atom is 0.410 e. The molecular weight excluding hydrogens is 454 g/mol. The number of amides is 2. The lowest BCUT2D eigenvalue weighted by Crippen LogP contribution is -2.39. The molecule has 34 heavy (non-hydrogen) atoms. The highest BCUT2D eigenvalue weighted by Gasteiger charge is 2.34. The van der Waals surface area contributed by atoms with Crippen LogP contribution in [0.5, 0.6) is 5.75 Å². The van der Waals surface area contributed by atoms with E-state index in [-0.39, 0.29) is 12.0 Å². The van der Waals surface area contributed by atoms with E-state index in [9.17, 15) is 14.4 Å². The van der Waals surface area contributed by atoms with Crippen LogP contribution in [0.4, 0.5) is 9.80 Å². The molecule has 3 heterocycles. The summed E-state index contributed by atoms with van der Waals surface area (Å²) in [5.41, 5.74) is 2.96. The summed E-state index contributed by atoms with van der Waals surface area (Å²) < 4.78 is 10.6. The Balaban J connectivity index is 1.29. The molecule has 2 N–H and O–H groups in total. The number of rotatable bonds is 4. The second-order valence-corrected chi connectivity index (χ2v) is 9.06. The normalized spacial score (nSPS) is 16.6. The number of hydrogen-bond donors (Lipinski definition) is 2. The highest BCUT2D eigenvalue weighted by Crippen LogP contribution is 2.41. The molecule has 5 rings (SSSR count). The first-order valence-corrected chi connectivity index (χ1v) is 11.9. The molecule has 0 bridgehead atoms. The van der Waals surface area contributed by atoms with Crippen molar-refractivity contribution in [2.75, 3.05) is 18.5 Å². The summed E-state index contributed by atoms with van der Waals surface area (Å²) in [4.78, 5) is 40.0. The van der Waals surface area contributed by atoms with Gasteiger partial charge >= 0.3 is 12.1 Å². The number of ether oxygens (including phenoxy) is 2. The maximum atomic E-state index is 13.0. The van der Waals surface area contributed by atoms with E-state index in [4.69, 9.17) is 9.47 Å². The Kier molecular flexibility index (Phi) is 5.93. The fourth-order valence-corrected chi connectivity index (χ4v) is 5.41. The average Bonchev–Trinajstić information content (AvgIpc) is 3.23. The molecule has 0 saturated carbocycles. The lowest BCUT2D eigenvalue weighted by atomic mass is 10.0. The number of hydrogen-bond acceptors (Lipinski definition) is 7. The van der Waals surface area contributed by atoms with Crippen molar-refractivity contribution in [2.45, 2.75) is 26.1 Å². The largest absolute Gasteiger partial charge is 0.450 e. The highest BCUT2D eigenvalue weighted by atomic mass is 32.1. The Labute approximate surface area is 200 Å². The molecule has 0 radical (unpaired) electrons. The Morgan fingerprint density at radius 1 is 1.09 bits per heavy atom. The molecule has 8 nitrogen and oxygen atoms in total. The number of nitrogens with zero attached hydrogens (tertiary/aromatic N) is 1. The molecular formula is C25H23N3O5S. The number of benzene rings is 2. The zero-order chi connectivity index (χ0) is 23.7. The van der Waals surface area contributed by atoms with E-state index in [0.717, 1.165) is 21.0 Å². The summed E-state index contributed by atoms with van der Waals surface area (Å²) in [6.07, 6.45) is -0.135. The van der Waals surface area contributed by atoms with E-state index in [0.29, 0.717) is 43.0 Å². The minimum Gasteiger partial charge on any atom is -0.450 e. The van der Waals surface area contributed by atoms with Gasteiger partial charge in [0.1, 0.15) is 16.9 Å². The highest BCUT2D eigenvalue weighted by molar-refractivity contribution is 7.16. The number of nitrogens with one attached hydrogen (secondary N) is 2. The van der Waals surface area contributed by atoms with Crippen molar-refractivity contribution in [3.8, 4) is 5.75 Å². The van der Waals surface area contributed by atoms with Gasteiger partial charge in [-0.05, 0) is 48.7 Å².